The zero-order chi connectivity index (χ0) is 13.3. The largest absolute Gasteiger partial charge is 0.371 e. The molecule has 1 aromatic rings. The van der Waals surface area contributed by atoms with Crippen LogP contribution in [-0.2, 0) is 0 Å². The minimum Gasteiger partial charge on any atom is -0.371 e. The van der Waals surface area contributed by atoms with Crippen LogP contribution in [0.1, 0.15) is 38.8 Å². The summed E-state index contributed by atoms with van der Waals surface area (Å²) in [5, 5.41) is 0. The second kappa shape index (κ2) is 5.27. The van der Waals surface area contributed by atoms with Crippen LogP contribution in [0.3, 0.4) is 0 Å². The molecule has 0 spiro atoms. The van der Waals surface area contributed by atoms with Gasteiger partial charge >= 0.3 is 0 Å². The molecule has 3 atom stereocenters. The van der Waals surface area contributed by atoms with Crippen molar-refractivity contribution in [2.24, 2.45) is 17.6 Å². The smallest absolute Gasteiger partial charge is 0.130 e. The van der Waals surface area contributed by atoms with Gasteiger partial charge in [0.05, 0.1) is 0 Å². The third-order valence-corrected chi connectivity index (χ3v) is 4.16. The highest BCUT2D eigenvalue weighted by molar-refractivity contribution is 5.55. The van der Waals surface area contributed by atoms with Crippen molar-refractivity contribution in [2.75, 3.05) is 18.0 Å². The summed E-state index contributed by atoms with van der Waals surface area (Å²) in [5.74, 6) is 1.20. The maximum Gasteiger partial charge on any atom is 0.130 e. The first-order valence-electron chi connectivity index (χ1n) is 6.79. The van der Waals surface area contributed by atoms with Gasteiger partial charge in [-0.1, -0.05) is 19.9 Å². The van der Waals surface area contributed by atoms with Crippen molar-refractivity contribution in [3.8, 4) is 0 Å². The average molecular weight is 250 g/mol. The molecule has 1 fully saturated rings. The molecule has 2 N–H and O–H groups in total. The molecule has 1 aromatic carbocycles. The first-order valence-corrected chi connectivity index (χ1v) is 6.79. The number of nitrogens with zero attached hydrogens (tertiary/aromatic N) is 1. The molecule has 0 radical (unpaired) electrons. The predicted molar refractivity (Wildman–Crippen MR) is 74.2 cm³/mol. The van der Waals surface area contributed by atoms with Crippen LogP contribution in [0.25, 0.3) is 0 Å². The lowest BCUT2D eigenvalue weighted by atomic mass is 9.88. The van der Waals surface area contributed by atoms with Gasteiger partial charge in [0, 0.05) is 30.4 Å². The third-order valence-electron chi connectivity index (χ3n) is 4.16. The number of piperidine rings is 1. The lowest BCUT2D eigenvalue weighted by Crippen LogP contribution is -2.39. The van der Waals surface area contributed by atoms with E-state index in [4.69, 9.17) is 5.73 Å². The topological polar surface area (TPSA) is 29.3 Å². The summed E-state index contributed by atoms with van der Waals surface area (Å²) in [6.45, 7) is 8.39. The van der Waals surface area contributed by atoms with Crippen LogP contribution < -0.4 is 10.6 Å². The molecule has 2 nitrogen and oxygen atoms in total. The molecular weight excluding hydrogens is 227 g/mol. The van der Waals surface area contributed by atoms with Crippen LogP contribution in [-0.4, -0.2) is 13.1 Å². The van der Waals surface area contributed by atoms with Crippen molar-refractivity contribution >= 4 is 5.69 Å². The van der Waals surface area contributed by atoms with Crippen LogP contribution in [0, 0.1) is 17.7 Å². The highest BCUT2D eigenvalue weighted by Gasteiger charge is 2.25. The molecular formula is C15H23FN2. The van der Waals surface area contributed by atoms with Gasteiger partial charge in [-0.3, -0.25) is 0 Å². The monoisotopic (exact) mass is 250 g/mol. The van der Waals surface area contributed by atoms with E-state index in [0.29, 0.717) is 11.5 Å². The standard InChI is InChI=1S/C15H23FN2/c1-10-7-8-18(9-11(10)2)14-6-4-5-13(16)15(14)12(3)17/h4-6,10-12H,7-9,17H2,1-3H3. The van der Waals surface area contributed by atoms with Crippen LogP contribution in [0.2, 0.25) is 0 Å². The van der Waals surface area contributed by atoms with E-state index in [1.165, 1.54) is 6.07 Å². The average Bonchev–Trinajstić information content (AvgIpc) is 2.32. The number of hydrogen-bond acceptors (Lipinski definition) is 2. The van der Waals surface area contributed by atoms with Gasteiger partial charge in [0.15, 0.2) is 0 Å². The molecule has 0 amide bonds. The number of halogens is 1. The van der Waals surface area contributed by atoms with E-state index in [9.17, 15) is 4.39 Å². The summed E-state index contributed by atoms with van der Waals surface area (Å²) in [5.41, 5.74) is 7.55. The number of nitrogens with two attached hydrogens (primary N) is 1. The summed E-state index contributed by atoms with van der Waals surface area (Å²) in [4.78, 5) is 2.28. The minimum atomic E-state index is -0.268. The Hall–Kier alpha value is -1.09. The Morgan fingerprint density at radius 1 is 1.33 bits per heavy atom. The lowest BCUT2D eigenvalue weighted by Gasteiger charge is -2.38. The van der Waals surface area contributed by atoms with Crippen molar-refractivity contribution in [1.29, 1.82) is 0 Å². The fraction of sp³-hybridized carbons (Fsp3) is 0.600. The third kappa shape index (κ3) is 2.51. The van der Waals surface area contributed by atoms with E-state index in [1.54, 1.807) is 6.07 Å². The molecule has 2 rings (SSSR count). The van der Waals surface area contributed by atoms with Crippen molar-refractivity contribution in [1.82, 2.24) is 0 Å². The first kappa shape index (κ1) is 13.3. The number of rotatable bonds is 2. The van der Waals surface area contributed by atoms with Crippen molar-refractivity contribution < 1.29 is 4.39 Å². The zero-order valence-electron chi connectivity index (χ0n) is 11.5. The van der Waals surface area contributed by atoms with E-state index < -0.39 is 0 Å². The van der Waals surface area contributed by atoms with Crippen LogP contribution in [0.5, 0.6) is 0 Å². The van der Waals surface area contributed by atoms with Crippen molar-refractivity contribution in [2.45, 2.75) is 33.2 Å². The van der Waals surface area contributed by atoms with Gasteiger partial charge in [-0.05, 0) is 37.3 Å². The van der Waals surface area contributed by atoms with Gasteiger partial charge in [0.2, 0.25) is 0 Å². The Kier molecular flexibility index (Phi) is 3.91. The maximum atomic E-state index is 13.9. The van der Waals surface area contributed by atoms with E-state index in [0.717, 1.165) is 31.1 Å². The van der Waals surface area contributed by atoms with E-state index >= 15 is 0 Å². The molecule has 18 heavy (non-hydrogen) atoms. The van der Waals surface area contributed by atoms with Crippen molar-refractivity contribution in [3.63, 3.8) is 0 Å². The molecule has 0 saturated carbocycles. The quantitative estimate of drug-likeness (QED) is 0.872. The normalized spacial score (nSPS) is 26.2. The Morgan fingerprint density at radius 2 is 2.06 bits per heavy atom. The number of anilines is 1. The second-order valence-corrected chi connectivity index (χ2v) is 5.65. The molecule has 3 heteroatoms. The number of benzene rings is 1. The lowest BCUT2D eigenvalue weighted by molar-refractivity contribution is 0.323. The minimum absolute atomic E-state index is 0.186. The van der Waals surface area contributed by atoms with Crippen LogP contribution >= 0.6 is 0 Å². The van der Waals surface area contributed by atoms with Gasteiger partial charge in [-0.15, -0.1) is 0 Å². The Labute approximate surface area is 109 Å². The first-order chi connectivity index (χ1) is 8.50. The van der Waals surface area contributed by atoms with Gasteiger partial charge < -0.3 is 10.6 Å². The number of hydrogen-bond donors (Lipinski definition) is 1. The summed E-state index contributed by atoms with van der Waals surface area (Å²) in [7, 11) is 0. The van der Waals surface area contributed by atoms with Crippen LogP contribution in [0.4, 0.5) is 10.1 Å². The summed E-state index contributed by atoms with van der Waals surface area (Å²) in [6, 6.07) is 5.00. The predicted octanol–water partition coefficient (Wildman–Crippen LogP) is 3.33. The summed E-state index contributed by atoms with van der Waals surface area (Å²) in [6.07, 6.45) is 1.16. The maximum absolute atomic E-state index is 13.9. The molecule has 1 aliphatic rings. The molecule has 100 valence electrons. The summed E-state index contributed by atoms with van der Waals surface area (Å²) >= 11 is 0. The second-order valence-electron chi connectivity index (χ2n) is 5.65. The molecule has 0 aliphatic carbocycles. The van der Waals surface area contributed by atoms with Crippen LogP contribution in [0.15, 0.2) is 18.2 Å². The van der Waals surface area contributed by atoms with E-state index in [-0.39, 0.29) is 11.9 Å². The molecule has 0 bridgehead atoms. The van der Waals surface area contributed by atoms with E-state index in [1.807, 2.05) is 13.0 Å². The highest BCUT2D eigenvalue weighted by atomic mass is 19.1. The SMILES string of the molecule is CC(N)c1c(F)cccc1N1CCC(C)C(C)C1. The van der Waals surface area contributed by atoms with Gasteiger partial charge in [-0.25, -0.2) is 4.39 Å². The zero-order valence-corrected chi connectivity index (χ0v) is 11.5. The fourth-order valence-electron chi connectivity index (χ4n) is 2.73. The van der Waals surface area contributed by atoms with Crippen molar-refractivity contribution in [3.05, 3.63) is 29.6 Å². The van der Waals surface area contributed by atoms with Gasteiger partial charge in [0.25, 0.3) is 0 Å². The van der Waals surface area contributed by atoms with Gasteiger partial charge in [0.1, 0.15) is 5.82 Å². The Bertz CT molecular complexity index is 417. The Balaban J connectivity index is 2.31. The van der Waals surface area contributed by atoms with E-state index in [2.05, 4.69) is 18.7 Å². The Morgan fingerprint density at radius 3 is 2.67 bits per heavy atom. The molecule has 1 aliphatic heterocycles. The van der Waals surface area contributed by atoms with Gasteiger partial charge in [-0.2, -0.15) is 0 Å². The molecule has 1 heterocycles. The summed E-state index contributed by atoms with van der Waals surface area (Å²) < 4.78 is 13.9. The highest BCUT2D eigenvalue weighted by Crippen LogP contribution is 2.32. The molecule has 3 unspecified atom stereocenters. The molecule has 1 saturated heterocycles. The fourth-order valence-corrected chi connectivity index (χ4v) is 2.73. The molecule has 0 aromatic heterocycles.